The molecule has 1 aromatic carbocycles. The summed E-state index contributed by atoms with van der Waals surface area (Å²) in [4.78, 5) is 4.42. The smallest absolute Gasteiger partial charge is 0.191 e. The highest BCUT2D eigenvalue weighted by Gasteiger charge is 2.36. The van der Waals surface area contributed by atoms with E-state index in [-0.39, 0.29) is 5.04 Å². The van der Waals surface area contributed by atoms with Crippen molar-refractivity contribution in [2.24, 2.45) is 0 Å². The second-order valence-corrected chi connectivity index (χ2v) is 11.7. The van der Waals surface area contributed by atoms with Gasteiger partial charge >= 0.3 is 0 Å². The fourth-order valence-electron chi connectivity index (χ4n) is 1.97. The van der Waals surface area contributed by atoms with Crippen LogP contribution < -0.4 is 0 Å². The molecule has 0 radical (unpaired) electrons. The Morgan fingerprint density at radius 1 is 1.20 bits per heavy atom. The van der Waals surface area contributed by atoms with Gasteiger partial charge in [-0.05, 0) is 36.7 Å². The van der Waals surface area contributed by atoms with Gasteiger partial charge in [-0.2, -0.15) is 0 Å². The number of hydrogen-bond donors (Lipinski definition) is 0. The molecule has 3 nitrogen and oxygen atoms in total. The Morgan fingerprint density at radius 3 is 2.60 bits per heavy atom. The number of benzene rings is 1. The Labute approximate surface area is 123 Å². The Hall–Kier alpha value is -1.13. The highest BCUT2D eigenvalue weighted by atomic mass is 28.4. The summed E-state index contributed by atoms with van der Waals surface area (Å²) in [6, 6.07) is 8.27. The maximum absolute atomic E-state index is 6.21. The van der Waals surface area contributed by atoms with Gasteiger partial charge in [0.25, 0.3) is 0 Å². The molecule has 0 aliphatic heterocycles. The zero-order chi connectivity index (χ0) is 14.8. The standard InChI is InChI=1S/C16H26N2OSi/c1-16(2,3)20(4,5)19-12-8-11-18-13-17-14-9-6-7-10-15(14)18/h6-7,9-10,13H,8,11-12H2,1-5H3. The van der Waals surface area contributed by atoms with Gasteiger partial charge in [-0.15, -0.1) is 0 Å². The predicted octanol–water partition coefficient (Wildman–Crippen LogP) is 4.45. The molecule has 0 fully saturated rings. The largest absolute Gasteiger partial charge is 0.417 e. The summed E-state index contributed by atoms with van der Waals surface area (Å²) in [6.07, 6.45) is 2.96. The van der Waals surface area contributed by atoms with E-state index in [1.807, 2.05) is 12.4 Å². The number of imidazole rings is 1. The summed E-state index contributed by atoms with van der Waals surface area (Å²) in [5.74, 6) is 0. The van der Waals surface area contributed by atoms with Gasteiger partial charge in [0.15, 0.2) is 8.32 Å². The summed E-state index contributed by atoms with van der Waals surface area (Å²) in [5, 5.41) is 0.286. The quantitative estimate of drug-likeness (QED) is 0.601. The van der Waals surface area contributed by atoms with Crippen LogP contribution in [0.25, 0.3) is 11.0 Å². The highest BCUT2D eigenvalue weighted by Crippen LogP contribution is 2.36. The van der Waals surface area contributed by atoms with Crippen LogP contribution in [0.3, 0.4) is 0 Å². The Balaban J connectivity index is 1.88. The molecule has 2 aromatic rings. The molecule has 0 unspecified atom stereocenters. The van der Waals surface area contributed by atoms with E-state index >= 15 is 0 Å². The molecule has 0 bridgehead atoms. The first-order valence-electron chi connectivity index (χ1n) is 7.35. The van der Waals surface area contributed by atoms with Crippen LogP contribution in [0.15, 0.2) is 30.6 Å². The fourth-order valence-corrected chi connectivity index (χ4v) is 3.05. The number of nitrogens with zero attached hydrogens (tertiary/aromatic N) is 2. The lowest BCUT2D eigenvalue weighted by molar-refractivity contribution is 0.275. The van der Waals surface area contributed by atoms with Gasteiger partial charge in [-0.3, -0.25) is 0 Å². The van der Waals surface area contributed by atoms with Crippen molar-refractivity contribution in [3.05, 3.63) is 30.6 Å². The zero-order valence-corrected chi connectivity index (χ0v) is 14.3. The molecule has 1 heterocycles. The normalized spacial score (nSPS) is 13.1. The SMILES string of the molecule is CC(C)(C)[Si](C)(C)OCCCn1cnc2ccccc21. The van der Waals surface area contributed by atoms with Crippen molar-refractivity contribution in [2.75, 3.05) is 6.61 Å². The summed E-state index contributed by atoms with van der Waals surface area (Å²) in [6.45, 7) is 13.3. The van der Waals surface area contributed by atoms with Crippen LogP contribution in [0.2, 0.25) is 18.1 Å². The molecule has 20 heavy (non-hydrogen) atoms. The Bertz CT molecular complexity index is 569. The molecule has 0 amide bonds. The molecule has 4 heteroatoms. The number of rotatable bonds is 5. The lowest BCUT2D eigenvalue weighted by atomic mass is 10.2. The summed E-state index contributed by atoms with van der Waals surface area (Å²) in [7, 11) is -1.61. The van der Waals surface area contributed by atoms with E-state index in [0.29, 0.717) is 0 Å². The first-order chi connectivity index (χ1) is 9.31. The van der Waals surface area contributed by atoms with Gasteiger partial charge in [0, 0.05) is 13.2 Å². The maximum Gasteiger partial charge on any atom is 0.191 e. The highest BCUT2D eigenvalue weighted by molar-refractivity contribution is 6.74. The summed E-state index contributed by atoms with van der Waals surface area (Å²) < 4.78 is 8.42. The molecule has 0 N–H and O–H groups in total. The van der Waals surface area contributed by atoms with E-state index in [9.17, 15) is 0 Å². The molecule has 0 spiro atoms. The van der Waals surface area contributed by atoms with E-state index in [1.54, 1.807) is 0 Å². The van der Waals surface area contributed by atoms with Crippen molar-refractivity contribution in [2.45, 2.75) is 51.9 Å². The van der Waals surface area contributed by atoms with Gasteiger partial charge in [-0.1, -0.05) is 32.9 Å². The van der Waals surface area contributed by atoms with Crippen molar-refractivity contribution in [3.8, 4) is 0 Å². The third-order valence-corrected chi connectivity index (χ3v) is 8.88. The second kappa shape index (κ2) is 5.70. The molecule has 1 aromatic heterocycles. The molecule has 0 atom stereocenters. The minimum absolute atomic E-state index is 0.286. The first kappa shape index (κ1) is 15.3. The minimum atomic E-state index is -1.61. The number of aromatic nitrogens is 2. The number of fused-ring (bicyclic) bond motifs is 1. The molecular weight excluding hydrogens is 264 g/mol. The third kappa shape index (κ3) is 3.30. The minimum Gasteiger partial charge on any atom is -0.417 e. The molecule has 0 aliphatic rings. The van der Waals surface area contributed by atoms with Crippen molar-refractivity contribution >= 4 is 19.4 Å². The average molecular weight is 290 g/mol. The van der Waals surface area contributed by atoms with Crippen molar-refractivity contribution in [1.29, 1.82) is 0 Å². The van der Waals surface area contributed by atoms with Crippen LogP contribution >= 0.6 is 0 Å². The monoisotopic (exact) mass is 290 g/mol. The molecule has 0 saturated heterocycles. The number of para-hydroxylation sites is 2. The molecular formula is C16H26N2OSi. The van der Waals surface area contributed by atoms with Gasteiger partial charge < -0.3 is 8.99 Å². The van der Waals surface area contributed by atoms with Crippen molar-refractivity contribution in [1.82, 2.24) is 9.55 Å². The lowest BCUT2D eigenvalue weighted by Gasteiger charge is -2.36. The summed E-state index contributed by atoms with van der Waals surface area (Å²) >= 11 is 0. The average Bonchev–Trinajstić information content (AvgIpc) is 2.77. The molecule has 110 valence electrons. The van der Waals surface area contributed by atoms with Crippen LogP contribution in [0.4, 0.5) is 0 Å². The van der Waals surface area contributed by atoms with Gasteiger partial charge in [0.05, 0.1) is 17.4 Å². The lowest BCUT2D eigenvalue weighted by Crippen LogP contribution is -2.41. The number of hydrogen-bond acceptors (Lipinski definition) is 2. The van der Waals surface area contributed by atoms with Crippen LogP contribution in [-0.2, 0) is 11.0 Å². The zero-order valence-electron chi connectivity index (χ0n) is 13.3. The first-order valence-corrected chi connectivity index (χ1v) is 10.3. The van der Waals surface area contributed by atoms with E-state index in [2.05, 4.69) is 61.6 Å². The van der Waals surface area contributed by atoms with E-state index in [1.165, 1.54) is 5.52 Å². The number of aryl methyl sites for hydroxylation is 1. The van der Waals surface area contributed by atoms with E-state index < -0.39 is 8.32 Å². The van der Waals surface area contributed by atoms with Crippen LogP contribution in [0.1, 0.15) is 27.2 Å². The van der Waals surface area contributed by atoms with Crippen LogP contribution in [0.5, 0.6) is 0 Å². The van der Waals surface area contributed by atoms with Crippen molar-refractivity contribution in [3.63, 3.8) is 0 Å². The molecule has 0 aliphatic carbocycles. The van der Waals surface area contributed by atoms with Crippen LogP contribution in [-0.4, -0.2) is 24.5 Å². The van der Waals surface area contributed by atoms with Gasteiger partial charge in [0.2, 0.25) is 0 Å². The third-order valence-electron chi connectivity index (χ3n) is 4.34. The molecule has 0 saturated carbocycles. The summed E-state index contributed by atoms with van der Waals surface area (Å²) in [5.41, 5.74) is 2.28. The second-order valence-electron chi connectivity index (χ2n) is 6.89. The Morgan fingerprint density at radius 2 is 1.90 bits per heavy atom. The van der Waals surface area contributed by atoms with E-state index in [4.69, 9.17) is 4.43 Å². The molecule has 2 rings (SSSR count). The van der Waals surface area contributed by atoms with Gasteiger partial charge in [0.1, 0.15) is 0 Å². The van der Waals surface area contributed by atoms with Crippen LogP contribution in [0, 0.1) is 0 Å². The maximum atomic E-state index is 6.21. The fraction of sp³-hybridized carbons (Fsp3) is 0.562. The van der Waals surface area contributed by atoms with Gasteiger partial charge in [-0.25, -0.2) is 4.98 Å². The Kier molecular flexibility index (Phi) is 4.35. The topological polar surface area (TPSA) is 27.1 Å². The van der Waals surface area contributed by atoms with E-state index in [0.717, 1.165) is 25.1 Å². The predicted molar refractivity (Wildman–Crippen MR) is 87.5 cm³/mol. The van der Waals surface area contributed by atoms with Crippen molar-refractivity contribution < 1.29 is 4.43 Å².